The van der Waals surface area contributed by atoms with Gasteiger partial charge in [0.15, 0.2) is 5.82 Å². The highest BCUT2D eigenvalue weighted by Gasteiger charge is 2.20. The third-order valence-electron chi connectivity index (χ3n) is 4.41. The van der Waals surface area contributed by atoms with Gasteiger partial charge in [-0.2, -0.15) is 0 Å². The van der Waals surface area contributed by atoms with E-state index in [1.165, 1.54) is 4.90 Å². The number of hydrogen-bond donors (Lipinski definition) is 1. The van der Waals surface area contributed by atoms with E-state index in [0.29, 0.717) is 36.0 Å². The van der Waals surface area contributed by atoms with E-state index in [4.69, 9.17) is 9.26 Å². The summed E-state index contributed by atoms with van der Waals surface area (Å²) >= 11 is 0. The standard InChI is InChI=1S/C20H28N4O4/c1-5-23(6-2)10-11-24(14-19(25)21-18-12-15(3)28-22-18)20(26)16-8-7-9-17(13-16)27-4/h7-9,12-13H,5-6,10-11,14H2,1-4H3,(H,21,22,25). The van der Waals surface area contributed by atoms with Gasteiger partial charge in [0.05, 0.1) is 7.11 Å². The second-order valence-electron chi connectivity index (χ2n) is 6.36. The second kappa shape index (κ2) is 10.5. The zero-order valence-corrected chi connectivity index (χ0v) is 16.9. The molecule has 28 heavy (non-hydrogen) atoms. The first-order chi connectivity index (χ1) is 13.5. The number of ether oxygens (including phenoxy) is 1. The van der Waals surface area contributed by atoms with Crippen LogP contribution in [0.4, 0.5) is 5.82 Å². The maximum absolute atomic E-state index is 13.0. The van der Waals surface area contributed by atoms with Gasteiger partial charge in [0.1, 0.15) is 18.1 Å². The lowest BCUT2D eigenvalue weighted by Crippen LogP contribution is -2.42. The fraction of sp³-hybridized carbons (Fsp3) is 0.450. The molecule has 0 unspecified atom stereocenters. The first-order valence-electron chi connectivity index (χ1n) is 9.35. The van der Waals surface area contributed by atoms with Crippen molar-refractivity contribution < 1.29 is 18.8 Å². The Labute approximate surface area is 165 Å². The molecule has 0 saturated carbocycles. The minimum absolute atomic E-state index is 0.0801. The Balaban J connectivity index is 2.12. The minimum Gasteiger partial charge on any atom is -0.497 e. The molecule has 8 nitrogen and oxygen atoms in total. The van der Waals surface area contributed by atoms with E-state index in [2.05, 4.69) is 29.2 Å². The van der Waals surface area contributed by atoms with Crippen molar-refractivity contribution >= 4 is 17.6 Å². The van der Waals surface area contributed by atoms with Crippen molar-refractivity contribution in [2.75, 3.05) is 45.2 Å². The van der Waals surface area contributed by atoms with Crippen molar-refractivity contribution in [2.24, 2.45) is 0 Å². The van der Waals surface area contributed by atoms with E-state index in [9.17, 15) is 9.59 Å². The van der Waals surface area contributed by atoms with Gasteiger partial charge < -0.3 is 24.4 Å². The Hall–Kier alpha value is -2.87. The smallest absolute Gasteiger partial charge is 0.254 e. The van der Waals surface area contributed by atoms with Gasteiger partial charge in [-0.15, -0.1) is 0 Å². The van der Waals surface area contributed by atoms with E-state index >= 15 is 0 Å². The lowest BCUT2D eigenvalue weighted by atomic mass is 10.2. The molecule has 2 aromatic rings. The molecule has 0 saturated heterocycles. The minimum atomic E-state index is -0.330. The summed E-state index contributed by atoms with van der Waals surface area (Å²) in [5.41, 5.74) is 0.476. The van der Waals surface area contributed by atoms with Crippen LogP contribution in [-0.4, -0.2) is 66.6 Å². The summed E-state index contributed by atoms with van der Waals surface area (Å²) in [5.74, 6) is 0.972. The van der Waals surface area contributed by atoms with E-state index < -0.39 is 0 Å². The van der Waals surface area contributed by atoms with Gasteiger partial charge in [-0.05, 0) is 38.2 Å². The summed E-state index contributed by atoms with van der Waals surface area (Å²) in [4.78, 5) is 29.2. The van der Waals surface area contributed by atoms with Gasteiger partial charge in [0.2, 0.25) is 5.91 Å². The quantitative estimate of drug-likeness (QED) is 0.672. The third-order valence-corrected chi connectivity index (χ3v) is 4.41. The van der Waals surface area contributed by atoms with Gasteiger partial charge in [0, 0.05) is 24.7 Å². The van der Waals surface area contributed by atoms with Gasteiger partial charge in [-0.1, -0.05) is 25.1 Å². The third kappa shape index (κ3) is 6.09. The highest BCUT2D eigenvalue weighted by Crippen LogP contribution is 2.15. The first-order valence-corrected chi connectivity index (χ1v) is 9.35. The Bertz CT molecular complexity index is 786. The van der Waals surface area contributed by atoms with Crippen LogP contribution in [0, 0.1) is 6.92 Å². The summed E-state index contributed by atoms with van der Waals surface area (Å²) in [6.07, 6.45) is 0. The van der Waals surface area contributed by atoms with Crippen molar-refractivity contribution in [3.8, 4) is 5.75 Å². The van der Waals surface area contributed by atoms with Crippen LogP contribution in [0.5, 0.6) is 5.75 Å². The monoisotopic (exact) mass is 388 g/mol. The fourth-order valence-electron chi connectivity index (χ4n) is 2.77. The number of carbonyl (C=O) groups is 2. The molecule has 0 aliphatic heterocycles. The molecule has 0 radical (unpaired) electrons. The van der Waals surface area contributed by atoms with E-state index in [1.54, 1.807) is 44.4 Å². The predicted molar refractivity (Wildman–Crippen MR) is 107 cm³/mol. The number of rotatable bonds is 10. The molecule has 1 aromatic heterocycles. The molecule has 1 heterocycles. The zero-order valence-electron chi connectivity index (χ0n) is 16.9. The van der Waals surface area contributed by atoms with Crippen molar-refractivity contribution in [3.63, 3.8) is 0 Å². The van der Waals surface area contributed by atoms with Crippen LogP contribution in [0.3, 0.4) is 0 Å². The van der Waals surface area contributed by atoms with Gasteiger partial charge in [0.25, 0.3) is 5.91 Å². The van der Waals surface area contributed by atoms with E-state index in [0.717, 1.165) is 13.1 Å². The number of hydrogen-bond acceptors (Lipinski definition) is 6. The van der Waals surface area contributed by atoms with E-state index in [-0.39, 0.29) is 18.4 Å². The highest BCUT2D eigenvalue weighted by molar-refractivity contribution is 5.99. The average Bonchev–Trinajstić information content (AvgIpc) is 3.11. The molecule has 1 N–H and O–H groups in total. The van der Waals surface area contributed by atoms with Crippen LogP contribution in [-0.2, 0) is 4.79 Å². The molecule has 0 atom stereocenters. The molecule has 0 aliphatic carbocycles. The number of nitrogens with one attached hydrogen (secondary N) is 1. The maximum atomic E-state index is 13.0. The number of amides is 2. The molecule has 2 rings (SSSR count). The van der Waals surface area contributed by atoms with Crippen molar-refractivity contribution in [1.82, 2.24) is 15.0 Å². The molecule has 8 heteroatoms. The Morgan fingerprint density at radius 1 is 1.18 bits per heavy atom. The molecule has 0 fully saturated rings. The van der Waals surface area contributed by atoms with Crippen LogP contribution < -0.4 is 10.1 Å². The highest BCUT2D eigenvalue weighted by atomic mass is 16.5. The summed E-state index contributed by atoms with van der Waals surface area (Å²) < 4.78 is 10.2. The number of benzene rings is 1. The van der Waals surface area contributed by atoms with Gasteiger partial charge >= 0.3 is 0 Å². The average molecular weight is 388 g/mol. The topological polar surface area (TPSA) is 87.9 Å². The van der Waals surface area contributed by atoms with Crippen LogP contribution in [0.1, 0.15) is 30.0 Å². The summed E-state index contributed by atoms with van der Waals surface area (Å²) in [6.45, 7) is 8.66. The normalized spacial score (nSPS) is 10.8. The van der Waals surface area contributed by atoms with Crippen LogP contribution in [0.2, 0.25) is 0 Å². The molecule has 152 valence electrons. The maximum Gasteiger partial charge on any atom is 0.254 e. The van der Waals surface area contributed by atoms with Crippen molar-refractivity contribution in [1.29, 1.82) is 0 Å². The number of aryl methyl sites for hydroxylation is 1. The molecule has 0 aliphatic rings. The van der Waals surface area contributed by atoms with E-state index in [1.807, 2.05) is 0 Å². The summed E-state index contributed by atoms with van der Waals surface area (Å²) in [6, 6.07) is 8.55. The largest absolute Gasteiger partial charge is 0.497 e. The number of nitrogens with zero attached hydrogens (tertiary/aromatic N) is 3. The Morgan fingerprint density at radius 3 is 2.54 bits per heavy atom. The van der Waals surface area contributed by atoms with Crippen LogP contribution in [0.25, 0.3) is 0 Å². The van der Waals surface area contributed by atoms with Gasteiger partial charge in [-0.3, -0.25) is 9.59 Å². The molecular weight excluding hydrogens is 360 g/mol. The van der Waals surface area contributed by atoms with Crippen molar-refractivity contribution in [3.05, 3.63) is 41.7 Å². The fourth-order valence-corrected chi connectivity index (χ4v) is 2.77. The lowest BCUT2D eigenvalue weighted by molar-refractivity contribution is -0.117. The van der Waals surface area contributed by atoms with Crippen molar-refractivity contribution in [2.45, 2.75) is 20.8 Å². The molecule has 2 amide bonds. The first kappa shape index (κ1) is 21.4. The lowest BCUT2D eigenvalue weighted by Gasteiger charge is -2.26. The Kier molecular flexibility index (Phi) is 8.01. The molecule has 1 aromatic carbocycles. The number of aromatic nitrogens is 1. The van der Waals surface area contributed by atoms with Crippen LogP contribution >= 0.6 is 0 Å². The summed E-state index contributed by atoms with van der Waals surface area (Å²) in [5, 5.41) is 6.42. The number of likely N-dealkylation sites (N-methyl/N-ethyl adjacent to an activating group) is 1. The number of methoxy groups -OCH3 is 1. The number of anilines is 1. The SMILES string of the molecule is CCN(CC)CCN(CC(=O)Nc1cc(C)on1)C(=O)c1cccc(OC)c1. The number of carbonyl (C=O) groups excluding carboxylic acids is 2. The van der Waals surface area contributed by atoms with Gasteiger partial charge in [-0.25, -0.2) is 0 Å². The van der Waals surface area contributed by atoms with Crippen LogP contribution in [0.15, 0.2) is 34.9 Å². The molecule has 0 spiro atoms. The molecule has 0 bridgehead atoms. The Morgan fingerprint density at radius 2 is 1.93 bits per heavy atom. The zero-order chi connectivity index (χ0) is 20.5. The molecular formula is C20H28N4O4. The second-order valence-corrected chi connectivity index (χ2v) is 6.36. The predicted octanol–water partition coefficient (Wildman–Crippen LogP) is 2.41. The summed E-state index contributed by atoms with van der Waals surface area (Å²) in [7, 11) is 1.55.